The molecule has 0 fully saturated rings. The zero-order valence-electron chi connectivity index (χ0n) is 6.01. The van der Waals surface area contributed by atoms with E-state index in [2.05, 4.69) is 0 Å². The fourth-order valence-corrected chi connectivity index (χ4v) is 1.11. The Balaban J connectivity index is 2.93. The van der Waals surface area contributed by atoms with E-state index in [1.165, 1.54) is 24.3 Å². The third-order valence-corrected chi connectivity index (χ3v) is 2.03. The number of rotatable bonds is 2. The van der Waals surface area contributed by atoms with Gasteiger partial charge in [-0.15, -0.1) is 0 Å². The highest BCUT2D eigenvalue weighted by Crippen LogP contribution is 2.12. The van der Waals surface area contributed by atoms with Crippen LogP contribution in [0.25, 0.3) is 0 Å². The average molecular weight is 187 g/mol. The Labute approximate surface area is 71.8 Å². The molecule has 1 atom stereocenters. The van der Waals surface area contributed by atoms with Crippen LogP contribution in [0.5, 0.6) is 0 Å². The molecular weight excluding hydrogens is 180 g/mol. The van der Waals surface area contributed by atoms with E-state index in [9.17, 15) is 8.76 Å². The summed E-state index contributed by atoms with van der Waals surface area (Å²) in [6, 6.07) is 5.29. The van der Waals surface area contributed by atoms with E-state index >= 15 is 0 Å². The largest absolute Gasteiger partial charge is 0.768 e. The van der Waals surface area contributed by atoms with Crippen molar-refractivity contribution < 1.29 is 19.0 Å². The van der Waals surface area contributed by atoms with Crippen LogP contribution >= 0.6 is 0 Å². The number of benzene rings is 1. The molecule has 0 saturated heterocycles. The van der Waals surface area contributed by atoms with Gasteiger partial charge in [0, 0.05) is 10.5 Å². The lowest BCUT2D eigenvalue weighted by Crippen LogP contribution is -1.95. The summed E-state index contributed by atoms with van der Waals surface area (Å²) in [5.74, 6) is 0. The Morgan fingerprint density at radius 2 is 1.75 bits per heavy atom. The van der Waals surface area contributed by atoms with Crippen LogP contribution in [-0.4, -0.2) is 19.0 Å². The van der Waals surface area contributed by atoms with Gasteiger partial charge < -0.3 is 14.8 Å². The minimum Gasteiger partial charge on any atom is -0.768 e. The van der Waals surface area contributed by atoms with E-state index in [-0.39, 0.29) is 10.5 Å². The van der Waals surface area contributed by atoms with E-state index in [0.29, 0.717) is 0 Å². The maximum Gasteiger partial charge on any atom is 0.178 e. The van der Waals surface area contributed by atoms with Crippen molar-refractivity contribution >= 4 is 11.1 Å². The van der Waals surface area contributed by atoms with Gasteiger partial charge in [-0.25, -0.2) is 0 Å². The minimum absolute atomic E-state index is 0.124. The highest BCUT2D eigenvalue weighted by molar-refractivity contribution is 7.79. The molecule has 0 aliphatic rings. The van der Waals surface area contributed by atoms with Crippen molar-refractivity contribution in [1.82, 2.24) is 0 Å². The van der Waals surface area contributed by atoms with E-state index in [0.717, 1.165) is 0 Å². The van der Waals surface area contributed by atoms with Gasteiger partial charge in [-0.05, 0) is 23.2 Å². The molecule has 4 nitrogen and oxygen atoms in total. The SMILES string of the molecule is O=S([O-])c1ccc(C(O)O)cc1. The van der Waals surface area contributed by atoms with Crippen LogP contribution in [-0.2, 0) is 11.1 Å². The normalized spacial score (nSPS) is 13.3. The number of hydrogen-bond acceptors (Lipinski definition) is 4. The first-order valence-electron chi connectivity index (χ1n) is 3.16. The van der Waals surface area contributed by atoms with E-state index in [1.54, 1.807) is 0 Å². The number of aliphatic hydroxyl groups excluding tert-OH is 1. The van der Waals surface area contributed by atoms with Crippen LogP contribution in [0.2, 0.25) is 0 Å². The van der Waals surface area contributed by atoms with Gasteiger partial charge in [0.1, 0.15) is 0 Å². The van der Waals surface area contributed by atoms with Gasteiger partial charge in [0.2, 0.25) is 0 Å². The van der Waals surface area contributed by atoms with Gasteiger partial charge >= 0.3 is 0 Å². The van der Waals surface area contributed by atoms with Gasteiger partial charge in [0.15, 0.2) is 6.29 Å². The number of hydrogen-bond donors (Lipinski definition) is 2. The monoisotopic (exact) mass is 187 g/mol. The van der Waals surface area contributed by atoms with E-state index < -0.39 is 17.4 Å². The van der Waals surface area contributed by atoms with Gasteiger partial charge in [-0.3, -0.25) is 4.21 Å². The molecule has 1 aromatic carbocycles. The van der Waals surface area contributed by atoms with Crippen molar-refractivity contribution in [3.8, 4) is 0 Å². The molecule has 0 aliphatic heterocycles. The third kappa shape index (κ3) is 2.12. The summed E-state index contributed by atoms with van der Waals surface area (Å²) in [5.41, 5.74) is 0.268. The maximum atomic E-state index is 10.4. The third-order valence-electron chi connectivity index (χ3n) is 1.37. The van der Waals surface area contributed by atoms with Crippen LogP contribution in [0.1, 0.15) is 11.9 Å². The summed E-state index contributed by atoms with van der Waals surface area (Å²) in [5, 5.41) is 17.3. The Bertz CT molecular complexity index is 280. The molecule has 0 aromatic heterocycles. The molecule has 0 spiro atoms. The van der Waals surface area contributed by atoms with Gasteiger partial charge in [-0.1, -0.05) is 12.1 Å². The molecule has 0 heterocycles. The molecule has 0 saturated carbocycles. The van der Waals surface area contributed by atoms with Crippen LogP contribution in [0, 0.1) is 0 Å². The van der Waals surface area contributed by atoms with Crippen molar-refractivity contribution in [2.45, 2.75) is 11.2 Å². The molecule has 5 heteroatoms. The Morgan fingerprint density at radius 3 is 2.08 bits per heavy atom. The lowest BCUT2D eigenvalue weighted by atomic mass is 10.2. The lowest BCUT2D eigenvalue weighted by Gasteiger charge is -2.07. The Morgan fingerprint density at radius 1 is 1.25 bits per heavy atom. The summed E-state index contributed by atoms with van der Waals surface area (Å²) >= 11 is -2.26. The van der Waals surface area contributed by atoms with Gasteiger partial charge in [0.05, 0.1) is 0 Å². The average Bonchev–Trinajstić information content (AvgIpc) is 2.04. The van der Waals surface area contributed by atoms with Crippen molar-refractivity contribution in [2.24, 2.45) is 0 Å². The number of aliphatic hydroxyl groups is 2. The molecule has 1 aromatic rings. The van der Waals surface area contributed by atoms with Crippen molar-refractivity contribution in [3.63, 3.8) is 0 Å². The van der Waals surface area contributed by atoms with E-state index in [4.69, 9.17) is 10.2 Å². The quantitative estimate of drug-likeness (QED) is 0.500. The second kappa shape index (κ2) is 3.77. The molecule has 0 amide bonds. The highest BCUT2D eigenvalue weighted by atomic mass is 32.2. The first-order chi connectivity index (χ1) is 5.61. The standard InChI is InChI=1S/C7H8O4S/c8-7(9)5-1-3-6(4-2-5)12(10)11/h1-4,7-9H,(H,10,11)/p-1. The van der Waals surface area contributed by atoms with Crippen molar-refractivity contribution in [2.75, 3.05) is 0 Å². The first kappa shape index (κ1) is 9.34. The van der Waals surface area contributed by atoms with E-state index in [1.807, 2.05) is 0 Å². The molecule has 0 bridgehead atoms. The highest BCUT2D eigenvalue weighted by Gasteiger charge is 2.00. The first-order valence-corrected chi connectivity index (χ1v) is 4.24. The molecule has 66 valence electrons. The molecule has 12 heavy (non-hydrogen) atoms. The van der Waals surface area contributed by atoms with Gasteiger partial charge in [0.25, 0.3) is 0 Å². The zero-order chi connectivity index (χ0) is 9.14. The summed E-state index contributed by atoms with van der Waals surface area (Å²) in [6.07, 6.45) is -1.56. The summed E-state index contributed by atoms with van der Waals surface area (Å²) in [4.78, 5) is 0.124. The topological polar surface area (TPSA) is 80.6 Å². The molecule has 0 aliphatic carbocycles. The van der Waals surface area contributed by atoms with Gasteiger partial charge in [-0.2, -0.15) is 0 Å². The fourth-order valence-electron chi connectivity index (χ4n) is 0.751. The smallest absolute Gasteiger partial charge is 0.178 e. The zero-order valence-corrected chi connectivity index (χ0v) is 6.82. The maximum absolute atomic E-state index is 10.4. The van der Waals surface area contributed by atoms with Crippen LogP contribution in [0.3, 0.4) is 0 Å². The van der Waals surface area contributed by atoms with Crippen molar-refractivity contribution in [1.29, 1.82) is 0 Å². The minimum atomic E-state index is -2.26. The second-order valence-corrected chi connectivity index (χ2v) is 3.12. The molecule has 0 radical (unpaired) electrons. The Kier molecular flexibility index (Phi) is 2.93. The molecular formula is C7H7O4S-. The summed E-state index contributed by atoms with van der Waals surface area (Å²) in [6.45, 7) is 0. The predicted octanol–water partition coefficient (Wildman–Crippen LogP) is -0.0922. The summed E-state index contributed by atoms with van der Waals surface area (Å²) < 4.78 is 20.7. The molecule has 1 rings (SSSR count). The predicted molar refractivity (Wildman–Crippen MR) is 40.8 cm³/mol. The molecule has 2 N–H and O–H groups in total. The molecule has 1 unspecified atom stereocenters. The van der Waals surface area contributed by atoms with Crippen LogP contribution < -0.4 is 0 Å². The summed E-state index contributed by atoms with van der Waals surface area (Å²) in [7, 11) is 0. The second-order valence-electron chi connectivity index (χ2n) is 2.18. The lowest BCUT2D eigenvalue weighted by molar-refractivity contribution is -0.0425. The van der Waals surface area contributed by atoms with Crippen LogP contribution in [0.15, 0.2) is 29.2 Å². The van der Waals surface area contributed by atoms with Crippen molar-refractivity contribution in [3.05, 3.63) is 29.8 Å². The fraction of sp³-hybridized carbons (Fsp3) is 0.143. The Hall–Kier alpha value is -0.750. The van der Waals surface area contributed by atoms with Crippen LogP contribution in [0.4, 0.5) is 0 Å².